The summed E-state index contributed by atoms with van der Waals surface area (Å²) in [6.45, 7) is 8.06. The Kier molecular flexibility index (Phi) is 10.9. The first-order valence-electron chi connectivity index (χ1n) is 16.1. The third-order valence-corrected chi connectivity index (χ3v) is 7.73. The summed E-state index contributed by atoms with van der Waals surface area (Å²) in [7, 11) is 0. The van der Waals surface area contributed by atoms with E-state index in [0.29, 0.717) is 46.6 Å². The van der Waals surface area contributed by atoms with Crippen LogP contribution in [-0.4, -0.2) is 43.3 Å². The maximum absolute atomic E-state index is 4.63. The molecular formula is C40H32CdN10. The summed E-state index contributed by atoms with van der Waals surface area (Å²) in [5.41, 5.74) is 8.26. The predicted octanol–water partition coefficient (Wildman–Crippen LogP) is 9.27. The van der Waals surface area contributed by atoms with Crippen LogP contribution in [0, 0.1) is 27.7 Å². The van der Waals surface area contributed by atoms with Gasteiger partial charge in [-0.2, -0.15) is 0 Å². The fourth-order valence-corrected chi connectivity index (χ4v) is 5.29. The Morgan fingerprint density at radius 2 is 0.608 bits per heavy atom. The monoisotopic (exact) mass is 766 g/mol. The van der Waals surface area contributed by atoms with E-state index < -0.39 is 0 Å². The molecule has 0 bridgehead atoms. The number of aliphatic imine (C=N–C) groups is 4. The molecule has 0 N–H and O–H groups in total. The zero-order valence-corrected chi connectivity index (χ0v) is 32.8. The minimum Gasteiger partial charge on any atom is -0.357 e. The van der Waals surface area contributed by atoms with E-state index in [4.69, 9.17) is 0 Å². The molecule has 6 aromatic rings. The zero-order chi connectivity index (χ0) is 34.5. The molecule has 10 nitrogen and oxygen atoms in total. The normalized spacial score (nSPS) is 15.8. The number of fused-ring (bicyclic) bond motifs is 2. The molecule has 0 amide bonds. The molecule has 8 rings (SSSR count). The summed E-state index contributed by atoms with van der Waals surface area (Å²) < 4.78 is 0. The molecule has 2 aliphatic heterocycles. The maximum Gasteiger partial charge on any atom is 2.00 e. The first-order chi connectivity index (χ1) is 24.4. The van der Waals surface area contributed by atoms with E-state index in [1.807, 2.05) is 125 Å². The Bertz CT molecular complexity index is 2020. The molecule has 0 atom stereocenters. The van der Waals surface area contributed by atoms with Gasteiger partial charge in [0.15, 0.2) is 0 Å². The molecule has 51 heavy (non-hydrogen) atoms. The maximum atomic E-state index is 4.63. The summed E-state index contributed by atoms with van der Waals surface area (Å²) in [5.74, 6) is 5.07. The Labute approximate surface area is 316 Å². The molecular weight excluding hydrogens is 733 g/mol. The molecule has 2 aromatic carbocycles. The summed E-state index contributed by atoms with van der Waals surface area (Å²) >= 11 is 0. The van der Waals surface area contributed by atoms with Crippen LogP contribution in [0.3, 0.4) is 0 Å². The van der Waals surface area contributed by atoms with Crippen LogP contribution in [0.2, 0.25) is 0 Å². The summed E-state index contributed by atoms with van der Waals surface area (Å²) in [6, 6.07) is 31.4. The molecule has 0 unspecified atom stereocenters. The zero-order valence-electron chi connectivity index (χ0n) is 28.7. The van der Waals surface area contributed by atoms with Crippen molar-refractivity contribution < 1.29 is 27.3 Å². The Morgan fingerprint density at radius 3 is 0.824 bits per heavy atom. The van der Waals surface area contributed by atoms with Gasteiger partial charge in [0.05, 0.1) is 23.3 Å². The number of aryl methyl sites for hydroxylation is 4. The van der Waals surface area contributed by atoms with E-state index in [-0.39, 0.29) is 27.3 Å². The molecule has 0 fully saturated rings. The smallest absolute Gasteiger partial charge is 0.357 e. The summed E-state index contributed by atoms with van der Waals surface area (Å²) in [6.07, 6.45) is 7.00. The topological polar surface area (TPSA) is 129 Å². The number of nitrogens with zero attached hydrogens (tertiary/aromatic N) is 10. The van der Waals surface area contributed by atoms with Crippen molar-refractivity contribution in [3.05, 3.63) is 177 Å². The molecule has 0 radical (unpaired) electrons. The SMILES string of the molecule is Cc1ccnc(N=C2[N-]C(=Nc3cc(C)ccn3)c3ccccc32)c1.Cc1ccnc(N=C2[N-]C(=Nc3cc(C)ccn3)c3ccccc32)c1.[Cd+2]. The molecule has 4 aromatic heterocycles. The van der Waals surface area contributed by atoms with Gasteiger partial charge >= 0.3 is 27.3 Å². The summed E-state index contributed by atoms with van der Waals surface area (Å²) in [4.78, 5) is 35.6. The van der Waals surface area contributed by atoms with Crippen molar-refractivity contribution in [3.63, 3.8) is 0 Å². The molecule has 0 spiro atoms. The van der Waals surface area contributed by atoms with Crippen molar-refractivity contribution in [2.75, 3.05) is 0 Å². The van der Waals surface area contributed by atoms with Crippen LogP contribution in [0.1, 0.15) is 44.5 Å². The van der Waals surface area contributed by atoms with Gasteiger partial charge in [0, 0.05) is 48.1 Å². The van der Waals surface area contributed by atoms with E-state index in [9.17, 15) is 0 Å². The Hall–Kier alpha value is -5.76. The van der Waals surface area contributed by atoms with Crippen LogP contribution in [-0.2, 0) is 27.3 Å². The van der Waals surface area contributed by atoms with Crippen molar-refractivity contribution in [3.8, 4) is 0 Å². The van der Waals surface area contributed by atoms with Crippen LogP contribution in [0.4, 0.5) is 23.3 Å². The van der Waals surface area contributed by atoms with Crippen LogP contribution in [0.25, 0.3) is 10.6 Å². The van der Waals surface area contributed by atoms with Gasteiger partial charge in [-0.3, -0.25) is 19.9 Å². The fraction of sp³-hybridized carbons (Fsp3) is 0.100. The second-order valence-electron chi connectivity index (χ2n) is 11.8. The molecule has 11 heteroatoms. The van der Waals surface area contributed by atoms with E-state index in [1.54, 1.807) is 24.8 Å². The van der Waals surface area contributed by atoms with Crippen LogP contribution in [0.5, 0.6) is 0 Å². The predicted molar refractivity (Wildman–Crippen MR) is 200 cm³/mol. The second kappa shape index (κ2) is 15.9. The van der Waals surface area contributed by atoms with E-state index in [2.05, 4.69) is 50.5 Å². The fourth-order valence-electron chi connectivity index (χ4n) is 5.29. The number of benzene rings is 2. The number of aromatic nitrogens is 4. The molecule has 0 saturated heterocycles. The van der Waals surface area contributed by atoms with Gasteiger partial charge in [-0.1, -0.05) is 48.5 Å². The number of hydrogen-bond donors (Lipinski definition) is 0. The van der Waals surface area contributed by atoms with Crippen LogP contribution >= 0.6 is 0 Å². The summed E-state index contributed by atoms with van der Waals surface area (Å²) in [5, 5.41) is 9.25. The molecule has 244 valence electrons. The van der Waals surface area contributed by atoms with Crippen molar-refractivity contribution in [2.24, 2.45) is 20.0 Å². The van der Waals surface area contributed by atoms with Gasteiger partial charge in [-0.25, -0.2) is 0 Å². The van der Waals surface area contributed by atoms with Crippen molar-refractivity contribution >= 4 is 46.6 Å². The third-order valence-electron chi connectivity index (χ3n) is 7.73. The van der Waals surface area contributed by atoms with Crippen LogP contribution < -0.4 is 0 Å². The van der Waals surface area contributed by atoms with Gasteiger partial charge in [0.1, 0.15) is 0 Å². The largest absolute Gasteiger partial charge is 2.00 e. The first kappa shape index (κ1) is 35.1. The number of rotatable bonds is 4. The number of pyridine rings is 4. The van der Waals surface area contributed by atoms with E-state index in [1.165, 1.54) is 0 Å². The average Bonchev–Trinajstić information content (AvgIpc) is 3.62. The van der Waals surface area contributed by atoms with Crippen LogP contribution in [0.15, 0.2) is 142 Å². The van der Waals surface area contributed by atoms with Crippen molar-refractivity contribution in [1.29, 1.82) is 0 Å². The first-order valence-corrected chi connectivity index (χ1v) is 16.1. The number of hydrogen-bond acceptors (Lipinski definition) is 8. The van der Waals surface area contributed by atoms with E-state index in [0.717, 1.165) is 44.5 Å². The minimum absolute atomic E-state index is 0. The van der Waals surface area contributed by atoms with Gasteiger partial charge in [-0.05, 0) is 121 Å². The second-order valence-corrected chi connectivity index (χ2v) is 11.8. The van der Waals surface area contributed by atoms with Gasteiger partial charge < -0.3 is 30.6 Å². The molecule has 0 aliphatic carbocycles. The standard InChI is InChI=1S/2C20H16N5.Cd/c2*1-13-7-9-21-17(11-13)23-19-15-5-3-4-6-16(15)20(25-19)24-18-12-14(2)8-10-22-18;/h2*3-12H,1-2H3;/q2*-1;+2. The van der Waals surface area contributed by atoms with Gasteiger partial charge in [-0.15, -0.1) is 0 Å². The Morgan fingerprint density at radius 1 is 0.373 bits per heavy atom. The molecule has 2 aliphatic rings. The number of amidine groups is 4. The van der Waals surface area contributed by atoms with Crippen molar-refractivity contribution in [1.82, 2.24) is 19.9 Å². The van der Waals surface area contributed by atoms with E-state index >= 15 is 0 Å². The minimum atomic E-state index is 0. The van der Waals surface area contributed by atoms with Gasteiger partial charge in [0.25, 0.3) is 0 Å². The van der Waals surface area contributed by atoms with Crippen molar-refractivity contribution in [2.45, 2.75) is 27.7 Å². The molecule has 0 saturated carbocycles. The average molecular weight is 765 g/mol. The van der Waals surface area contributed by atoms with Gasteiger partial charge in [0.2, 0.25) is 0 Å². The quantitative estimate of drug-likeness (QED) is 0.166. The molecule has 6 heterocycles. The third kappa shape index (κ3) is 8.52. The Balaban J connectivity index is 0.000000172.